The van der Waals surface area contributed by atoms with E-state index in [4.69, 9.17) is 18.9 Å². The van der Waals surface area contributed by atoms with E-state index in [2.05, 4.69) is 148 Å². The Morgan fingerprint density at radius 2 is 0.879 bits per heavy atom. The summed E-state index contributed by atoms with van der Waals surface area (Å²) in [6.07, 6.45) is 61.9. The highest BCUT2D eigenvalue weighted by Crippen LogP contribution is 2.22. The molecule has 0 amide bonds. The standard InChI is InChI=1S/C57H90O9/c1-3-5-7-9-11-13-15-17-19-21-23-24-25-26-27-28-29-30-32-34-36-38-40-42-44-46-53(59)65-51(50-64-57-56(62)55(61)54(60)52(48-58)66-57)49-63-47-45-43-41-39-37-35-33-31-22-20-18-16-14-12-10-8-6-4-2/h5-8,11-14,17-20,23-24,26-27,29-31,33-34,36,51-52,54-58,60-62H,3-4,9-10,15-16,21-22,25,28,32,35,37-50H2,1-2H3/b7-5-,8-6-,13-11-,14-12-,19-17-,20-18-,24-23-,27-26-,30-29-,33-31-,36-34-. The molecular weight excluding hydrogens is 829 g/mol. The summed E-state index contributed by atoms with van der Waals surface area (Å²) in [5.74, 6) is -0.359. The lowest BCUT2D eigenvalue weighted by Gasteiger charge is -2.39. The molecule has 0 aromatic carbocycles. The third-order valence-corrected chi connectivity index (χ3v) is 10.6. The van der Waals surface area contributed by atoms with E-state index in [1.54, 1.807) is 0 Å². The molecule has 0 aliphatic carbocycles. The normalized spacial score (nSPS) is 20.5. The molecule has 1 aliphatic heterocycles. The molecule has 6 unspecified atom stereocenters. The monoisotopic (exact) mass is 919 g/mol. The Labute approximate surface area is 400 Å². The van der Waals surface area contributed by atoms with E-state index < -0.39 is 43.4 Å². The van der Waals surface area contributed by atoms with Gasteiger partial charge in [0.25, 0.3) is 0 Å². The van der Waals surface area contributed by atoms with Crippen LogP contribution in [0.15, 0.2) is 134 Å². The lowest BCUT2D eigenvalue weighted by atomic mass is 9.99. The number of aliphatic hydroxyl groups is 4. The molecule has 9 heteroatoms. The molecule has 1 rings (SSSR count). The number of hydrogen-bond acceptors (Lipinski definition) is 9. The lowest BCUT2D eigenvalue weighted by molar-refractivity contribution is -0.305. The number of rotatable bonds is 41. The Hall–Kier alpha value is -3.67. The molecule has 1 saturated heterocycles. The van der Waals surface area contributed by atoms with Gasteiger partial charge in [0.15, 0.2) is 6.29 Å². The first kappa shape index (κ1) is 60.3. The summed E-state index contributed by atoms with van der Waals surface area (Å²) in [4.78, 5) is 12.8. The van der Waals surface area contributed by atoms with Crippen LogP contribution in [0, 0.1) is 0 Å². The van der Waals surface area contributed by atoms with Gasteiger partial charge in [-0.25, -0.2) is 0 Å². The molecule has 1 heterocycles. The van der Waals surface area contributed by atoms with Crippen LogP contribution in [0.2, 0.25) is 0 Å². The zero-order chi connectivity index (χ0) is 47.8. The average Bonchev–Trinajstić information content (AvgIpc) is 3.32. The van der Waals surface area contributed by atoms with Crippen LogP contribution < -0.4 is 0 Å². The van der Waals surface area contributed by atoms with Crippen LogP contribution in [0.4, 0.5) is 0 Å². The van der Waals surface area contributed by atoms with Gasteiger partial charge in [0.05, 0.1) is 19.8 Å². The minimum atomic E-state index is -1.56. The highest BCUT2D eigenvalue weighted by Gasteiger charge is 2.44. The van der Waals surface area contributed by atoms with Crippen molar-refractivity contribution in [3.8, 4) is 0 Å². The molecule has 0 aromatic heterocycles. The van der Waals surface area contributed by atoms with Crippen molar-refractivity contribution in [3.63, 3.8) is 0 Å². The first-order valence-electron chi connectivity index (χ1n) is 25.3. The van der Waals surface area contributed by atoms with Gasteiger partial charge < -0.3 is 39.4 Å². The predicted octanol–water partition coefficient (Wildman–Crippen LogP) is 12.5. The molecule has 9 nitrogen and oxygen atoms in total. The minimum absolute atomic E-state index is 0.108. The number of unbranched alkanes of at least 4 members (excludes halogenated alkanes) is 8. The molecule has 0 aromatic rings. The maximum Gasteiger partial charge on any atom is 0.306 e. The van der Waals surface area contributed by atoms with Gasteiger partial charge in [0, 0.05) is 13.0 Å². The molecule has 66 heavy (non-hydrogen) atoms. The number of hydrogen-bond donors (Lipinski definition) is 4. The summed E-state index contributed by atoms with van der Waals surface area (Å²) in [5, 5.41) is 40.2. The van der Waals surface area contributed by atoms with Crippen molar-refractivity contribution in [3.05, 3.63) is 134 Å². The molecule has 0 bridgehead atoms. The highest BCUT2D eigenvalue weighted by atomic mass is 16.7. The van der Waals surface area contributed by atoms with E-state index in [0.29, 0.717) is 13.0 Å². The van der Waals surface area contributed by atoms with Crippen molar-refractivity contribution in [2.45, 2.75) is 192 Å². The highest BCUT2D eigenvalue weighted by molar-refractivity contribution is 5.69. The Morgan fingerprint density at radius 3 is 1.32 bits per heavy atom. The van der Waals surface area contributed by atoms with Crippen LogP contribution in [-0.4, -0.2) is 89.6 Å². The Balaban J connectivity index is 2.29. The number of aliphatic hydroxyl groups excluding tert-OH is 4. The van der Waals surface area contributed by atoms with Gasteiger partial charge in [-0.3, -0.25) is 4.79 Å². The van der Waals surface area contributed by atoms with E-state index in [-0.39, 0.29) is 25.6 Å². The second kappa shape index (κ2) is 46.4. The van der Waals surface area contributed by atoms with Crippen LogP contribution in [0.5, 0.6) is 0 Å². The molecule has 0 radical (unpaired) electrons. The first-order chi connectivity index (χ1) is 32.4. The van der Waals surface area contributed by atoms with Crippen LogP contribution in [0.3, 0.4) is 0 Å². The fourth-order valence-electron chi connectivity index (χ4n) is 6.70. The van der Waals surface area contributed by atoms with Gasteiger partial charge in [-0.15, -0.1) is 0 Å². The van der Waals surface area contributed by atoms with E-state index in [1.165, 1.54) is 0 Å². The number of ether oxygens (including phenoxy) is 4. The van der Waals surface area contributed by atoms with Crippen molar-refractivity contribution in [2.24, 2.45) is 0 Å². The molecule has 6 atom stereocenters. The fraction of sp³-hybridized carbons (Fsp3) is 0.596. The van der Waals surface area contributed by atoms with E-state index >= 15 is 0 Å². The number of esters is 1. The zero-order valence-corrected chi connectivity index (χ0v) is 40.9. The van der Waals surface area contributed by atoms with Gasteiger partial charge in [-0.1, -0.05) is 173 Å². The summed E-state index contributed by atoms with van der Waals surface area (Å²) < 4.78 is 22.8. The smallest absolute Gasteiger partial charge is 0.306 e. The maximum absolute atomic E-state index is 12.8. The van der Waals surface area contributed by atoms with Gasteiger partial charge >= 0.3 is 5.97 Å². The third-order valence-electron chi connectivity index (χ3n) is 10.6. The van der Waals surface area contributed by atoms with E-state index in [1.807, 2.05) is 0 Å². The maximum atomic E-state index is 12.8. The molecule has 1 fully saturated rings. The number of carbonyl (C=O) groups excluding carboxylic acids is 1. The van der Waals surface area contributed by atoms with Gasteiger partial charge in [-0.2, -0.15) is 0 Å². The third kappa shape index (κ3) is 36.4. The molecule has 4 N–H and O–H groups in total. The Morgan fingerprint density at radius 1 is 0.485 bits per heavy atom. The van der Waals surface area contributed by atoms with Gasteiger partial charge in [-0.05, 0) is 109 Å². The van der Waals surface area contributed by atoms with Crippen molar-refractivity contribution in [1.29, 1.82) is 0 Å². The second-order valence-electron chi connectivity index (χ2n) is 16.5. The summed E-state index contributed by atoms with van der Waals surface area (Å²) in [6, 6.07) is 0. The predicted molar refractivity (Wildman–Crippen MR) is 274 cm³/mol. The first-order valence-corrected chi connectivity index (χ1v) is 25.3. The quantitative estimate of drug-likeness (QED) is 0.0269. The molecular formula is C57H90O9. The van der Waals surface area contributed by atoms with Crippen molar-refractivity contribution < 1.29 is 44.2 Å². The largest absolute Gasteiger partial charge is 0.457 e. The summed E-state index contributed by atoms with van der Waals surface area (Å²) in [7, 11) is 0. The summed E-state index contributed by atoms with van der Waals surface area (Å²) in [5.41, 5.74) is 0. The zero-order valence-electron chi connectivity index (χ0n) is 40.9. The van der Waals surface area contributed by atoms with Gasteiger partial charge in [0.2, 0.25) is 0 Å². The van der Waals surface area contributed by atoms with Crippen LogP contribution in [0.1, 0.15) is 155 Å². The fourth-order valence-corrected chi connectivity index (χ4v) is 6.70. The average molecular weight is 919 g/mol. The Bertz CT molecular complexity index is 1460. The van der Waals surface area contributed by atoms with Crippen LogP contribution in [-0.2, 0) is 23.7 Å². The number of carbonyl (C=O) groups is 1. The molecule has 372 valence electrons. The van der Waals surface area contributed by atoms with Crippen LogP contribution >= 0.6 is 0 Å². The van der Waals surface area contributed by atoms with Gasteiger partial charge in [0.1, 0.15) is 30.5 Å². The van der Waals surface area contributed by atoms with E-state index in [9.17, 15) is 25.2 Å². The molecule has 1 aliphatic rings. The topological polar surface area (TPSA) is 135 Å². The van der Waals surface area contributed by atoms with Crippen LogP contribution in [0.25, 0.3) is 0 Å². The SMILES string of the molecule is CC/C=C\C/C=C\C/C=C\C/C=C\C/C=C\C/C=C\C/C=C\CCCCCC(=O)OC(COCCCCCCC/C=C\C/C=C\C/C=C\C/C=C\CC)COC1OC(CO)C(O)C(O)C1O. The lowest BCUT2D eigenvalue weighted by Crippen LogP contribution is -2.59. The van der Waals surface area contributed by atoms with E-state index in [0.717, 1.165) is 128 Å². The summed E-state index contributed by atoms with van der Waals surface area (Å²) in [6.45, 7) is 4.21. The summed E-state index contributed by atoms with van der Waals surface area (Å²) >= 11 is 0. The molecule has 0 saturated carbocycles. The van der Waals surface area contributed by atoms with Crippen molar-refractivity contribution in [1.82, 2.24) is 0 Å². The second-order valence-corrected chi connectivity index (χ2v) is 16.5. The Kier molecular flexibility index (Phi) is 42.5. The number of allylic oxidation sites excluding steroid dienone is 22. The van der Waals surface area contributed by atoms with Crippen molar-refractivity contribution >= 4 is 5.97 Å². The van der Waals surface area contributed by atoms with Crippen molar-refractivity contribution in [2.75, 3.05) is 26.4 Å². The minimum Gasteiger partial charge on any atom is -0.457 e. The molecule has 0 spiro atoms.